The van der Waals surface area contributed by atoms with Crippen LogP contribution < -0.4 is 31.8 Å². The van der Waals surface area contributed by atoms with E-state index in [2.05, 4.69) is 194 Å². The highest BCUT2D eigenvalue weighted by Crippen LogP contribution is 2.52. The molecular formula is C47H51P3. The van der Waals surface area contributed by atoms with Gasteiger partial charge in [-0.2, -0.15) is 0 Å². The summed E-state index contributed by atoms with van der Waals surface area (Å²) in [5.41, 5.74) is 7.96. The molecule has 0 unspecified atom stereocenters. The highest BCUT2D eigenvalue weighted by atomic mass is 31.1. The van der Waals surface area contributed by atoms with Crippen LogP contribution in [0.2, 0.25) is 0 Å². The molecule has 3 heteroatoms. The highest BCUT2D eigenvalue weighted by molar-refractivity contribution is 7.75. The maximum atomic E-state index is 2.64. The Bertz CT molecular complexity index is 1590. The lowest BCUT2D eigenvalue weighted by Gasteiger charge is -2.40. The Balaban J connectivity index is 1.51. The standard InChI is InChI=1S/C47H51P3/c1-35-8-20-41(21-9-35)48(42-22-10-36(2)11-23-42)32-47(7,33-49(43-24-12-37(3)13-25-43)44-26-14-38(4)15-27-44)34-50(45-28-16-39(5)17-29-45)46-30-18-40(6)19-31-46/h8-31H,32-34H2,1-7H3. The molecule has 0 nitrogen and oxygen atoms in total. The van der Waals surface area contributed by atoms with E-state index in [1.165, 1.54) is 65.2 Å². The van der Waals surface area contributed by atoms with Crippen LogP contribution in [-0.2, 0) is 0 Å². The van der Waals surface area contributed by atoms with E-state index >= 15 is 0 Å². The molecular weight excluding hydrogens is 657 g/mol. The first-order valence-electron chi connectivity index (χ1n) is 17.8. The monoisotopic (exact) mass is 708 g/mol. The summed E-state index contributed by atoms with van der Waals surface area (Å²) in [5.74, 6) is 0. The molecule has 6 aromatic rings. The van der Waals surface area contributed by atoms with Crippen molar-refractivity contribution in [3.63, 3.8) is 0 Å². The summed E-state index contributed by atoms with van der Waals surface area (Å²) in [6, 6.07) is 56.7. The van der Waals surface area contributed by atoms with Crippen LogP contribution in [0.3, 0.4) is 0 Å². The molecule has 0 saturated carbocycles. The van der Waals surface area contributed by atoms with Gasteiger partial charge in [0.15, 0.2) is 0 Å². The summed E-state index contributed by atoms with van der Waals surface area (Å²) in [6.07, 6.45) is 3.42. The van der Waals surface area contributed by atoms with Gasteiger partial charge >= 0.3 is 0 Å². The second-order valence-corrected chi connectivity index (χ2v) is 21.2. The second kappa shape index (κ2) is 16.3. The van der Waals surface area contributed by atoms with E-state index in [4.69, 9.17) is 0 Å². The Morgan fingerprint density at radius 2 is 0.420 bits per heavy atom. The minimum atomic E-state index is -0.600. The summed E-state index contributed by atoms with van der Waals surface area (Å²) in [6.45, 7) is 15.9. The van der Waals surface area contributed by atoms with Crippen molar-refractivity contribution < 1.29 is 0 Å². The summed E-state index contributed by atoms with van der Waals surface area (Å²) >= 11 is 0. The number of hydrogen-bond acceptors (Lipinski definition) is 0. The fraction of sp³-hybridized carbons (Fsp3) is 0.234. The van der Waals surface area contributed by atoms with Gasteiger partial charge in [-0.3, -0.25) is 0 Å². The maximum Gasteiger partial charge on any atom is -0.0184 e. The highest BCUT2D eigenvalue weighted by Gasteiger charge is 2.36. The van der Waals surface area contributed by atoms with Crippen molar-refractivity contribution in [1.82, 2.24) is 0 Å². The topological polar surface area (TPSA) is 0 Å². The molecule has 0 radical (unpaired) electrons. The molecule has 0 aliphatic carbocycles. The Labute approximate surface area is 305 Å². The average Bonchev–Trinajstić information content (AvgIpc) is 3.11. The zero-order valence-corrected chi connectivity index (χ0v) is 33.5. The SMILES string of the molecule is Cc1ccc(P(CC(C)(CP(c2ccc(C)cc2)c2ccc(C)cc2)CP(c2ccc(C)cc2)c2ccc(C)cc2)c2ccc(C)cc2)cc1. The Morgan fingerprint density at radius 1 is 0.280 bits per heavy atom. The minimum Gasteiger partial charge on any atom is -0.0587 e. The van der Waals surface area contributed by atoms with Crippen molar-refractivity contribution in [2.45, 2.75) is 48.5 Å². The van der Waals surface area contributed by atoms with Crippen molar-refractivity contribution >= 4 is 55.6 Å². The lowest BCUT2D eigenvalue weighted by Crippen LogP contribution is -2.36. The van der Waals surface area contributed by atoms with Gasteiger partial charge in [-0.15, -0.1) is 0 Å². The van der Waals surface area contributed by atoms with E-state index in [1.54, 1.807) is 0 Å². The number of aryl methyl sites for hydroxylation is 6. The minimum absolute atomic E-state index is 0.0461. The summed E-state index contributed by atoms with van der Waals surface area (Å²) in [4.78, 5) is 0. The average molecular weight is 709 g/mol. The van der Waals surface area contributed by atoms with E-state index in [-0.39, 0.29) is 5.41 Å². The van der Waals surface area contributed by atoms with Gasteiger partial charge in [-0.25, -0.2) is 0 Å². The van der Waals surface area contributed by atoms with Crippen molar-refractivity contribution in [3.8, 4) is 0 Å². The molecule has 0 N–H and O–H groups in total. The van der Waals surface area contributed by atoms with Gasteiger partial charge in [0.2, 0.25) is 0 Å². The fourth-order valence-electron chi connectivity index (χ4n) is 6.64. The van der Waals surface area contributed by atoms with Crippen molar-refractivity contribution in [1.29, 1.82) is 0 Å². The quantitative estimate of drug-likeness (QED) is 0.111. The first kappa shape index (κ1) is 36.4. The third-order valence-corrected chi connectivity index (χ3v) is 18.5. The van der Waals surface area contributed by atoms with E-state index < -0.39 is 23.8 Å². The van der Waals surface area contributed by atoms with Crippen LogP contribution >= 0.6 is 23.8 Å². The maximum absolute atomic E-state index is 2.64. The molecule has 0 amide bonds. The molecule has 254 valence electrons. The summed E-state index contributed by atoms with van der Waals surface area (Å²) in [7, 11) is -1.80. The zero-order valence-electron chi connectivity index (χ0n) is 30.8. The van der Waals surface area contributed by atoms with Crippen LogP contribution in [0.4, 0.5) is 0 Å². The van der Waals surface area contributed by atoms with Gasteiger partial charge < -0.3 is 0 Å². The zero-order chi connectivity index (χ0) is 35.3. The lowest BCUT2D eigenvalue weighted by atomic mass is 9.99. The molecule has 50 heavy (non-hydrogen) atoms. The molecule has 0 bridgehead atoms. The largest absolute Gasteiger partial charge is 0.0587 e. The Morgan fingerprint density at radius 3 is 0.560 bits per heavy atom. The normalized spacial score (nSPS) is 11.9. The van der Waals surface area contributed by atoms with Crippen LogP contribution in [0.5, 0.6) is 0 Å². The lowest BCUT2D eigenvalue weighted by molar-refractivity contribution is 0.497. The van der Waals surface area contributed by atoms with Gasteiger partial charge in [0.25, 0.3) is 0 Å². The van der Waals surface area contributed by atoms with E-state index in [0.717, 1.165) is 18.5 Å². The van der Waals surface area contributed by atoms with E-state index in [0.29, 0.717) is 0 Å². The van der Waals surface area contributed by atoms with Crippen LogP contribution in [0.1, 0.15) is 40.3 Å². The molecule has 0 fully saturated rings. The number of rotatable bonds is 12. The first-order valence-corrected chi connectivity index (χ1v) is 22.4. The van der Waals surface area contributed by atoms with Gasteiger partial charge in [0, 0.05) is 0 Å². The third-order valence-electron chi connectivity index (χ3n) is 9.69. The molecule has 0 spiro atoms. The molecule has 0 aliphatic rings. The second-order valence-electron chi connectivity index (χ2n) is 14.6. The molecule has 6 rings (SSSR count). The van der Waals surface area contributed by atoms with Gasteiger partial charge in [0.1, 0.15) is 0 Å². The number of benzene rings is 6. The predicted molar refractivity (Wildman–Crippen MR) is 228 cm³/mol. The molecule has 0 atom stereocenters. The van der Waals surface area contributed by atoms with Crippen molar-refractivity contribution in [2.24, 2.45) is 5.41 Å². The fourth-order valence-corrected chi connectivity index (χ4v) is 15.2. The van der Waals surface area contributed by atoms with E-state index in [9.17, 15) is 0 Å². The van der Waals surface area contributed by atoms with Crippen LogP contribution in [-0.4, -0.2) is 18.5 Å². The molecule has 6 aromatic carbocycles. The molecule has 0 saturated heterocycles. The van der Waals surface area contributed by atoms with Crippen molar-refractivity contribution in [3.05, 3.63) is 179 Å². The van der Waals surface area contributed by atoms with Gasteiger partial charge in [-0.1, -0.05) is 186 Å². The summed E-state index contributed by atoms with van der Waals surface area (Å²) < 4.78 is 0. The van der Waals surface area contributed by atoms with Gasteiger partial charge in [-0.05, 0) is 121 Å². The van der Waals surface area contributed by atoms with Crippen molar-refractivity contribution in [2.75, 3.05) is 18.5 Å². The number of hydrogen-bond donors (Lipinski definition) is 0. The molecule has 0 heterocycles. The predicted octanol–water partition coefficient (Wildman–Crippen LogP) is 10.2. The third kappa shape index (κ3) is 9.28. The summed E-state index contributed by atoms with van der Waals surface area (Å²) in [5, 5.41) is 8.86. The van der Waals surface area contributed by atoms with E-state index in [1.807, 2.05) is 0 Å². The molecule has 0 aliphatic heterocycles. The van der Waals surface area contributed by atoms with Crippen LogP contribution in [0, 0.1) is 47.0 Å². The Hall–Kier alpha value is -3.39. The Kier molecular flexibility index (Phi) is 11.9. The van der Waals surface area contributed by atoms with Gasteiger partial charge in [0.05, 0.1) is 0 Å². The van der Waals surface area contributed by atoms with Crippen LogP contribution in [0.15, 0.2) is 146 Å². The van der Waals surface area contributed by atoms with Crippen LogP contribution in [0.25, 0.3) is 0 Å². The first-order chi connectivity index (χ1) is 24.0. The smallest absolute Gasteiger partial charge is 0.0184 e. The molecule has 0 aromatic heterocycles.